The third-order valence-corrected chi connectivity index (χ3v) is 3.61. The van der Waals surface area contributed by atoms with Crippen LogP contribution in [-0.2, 0) is 13.0 Å². The molecule has 0 unspecified atom stereocenters. The SMILES string of the molecule is CC(C)NCCc1ccc(CN(C)c2ccccc2)cc1. The van der Waals surface area contributed by atoms with Crippen molar-refractivity contribution >= 4 is 5.69 Å². The minimum absolute atomic E-state index is 0.559. The van der Waals surface area contributed by atoms with E-state index in [1.807, 2.05) is 0 Å². The number of para-hydroxylation sites is 1. The normalized spacial score (nSPS) is 10.9. The third kappa shape index (κ3) is 5.24. The number of hydrogen-bond acceptors (Lipinski definition) is 2. The van der Waals surface area contributed by atoms with Crippen LogP contribution >= 0.6 is 0 Å². The fraction of sp³-hybridized carbons (Fsp3) is 0.368. The summed E-state index contributed by atoms with van der Waals surface area (Å²) in [6.07, 6.45) is 1.09. The van der Waals surface area contributed by atoms with E-state index in [2.05, 4.69) is 85.7 Å². The number of hydrogen-bond donors (Lipinski definition) is 1. The molecule has 2 rings (SSSR count). The molecule has 0 atom stereocenters. The summed E-state index contributed by atoms with van der Waals surface area (Å²) in [7, 11) is 2.13. The molecule has 0 saturated carbocycles. The van der Waals surface area contributed by atoms with Crippen LogP contribution in [0, 0.1) is 0 Å². The summed E-state index contributed by atoms with van der Waals surface area (Å²) in [5.41, 5.74) is 4.00. The average Bonchev–Trinajstić information content (AvgIpc) is 2.49. The highest BCUT2D eigenvalue weighted by Crippen LogP contribution is 2.15. The van der Waals surface area contributed by atoms with Crippen molar-refractivity contribution in [2.24, 2.45) is 0 Å². The van der Waals surface area contributed by atoms with Gasteiger partial charge in [-0.25, -0.2) is 0 Å². The van der Waals surface area contributed by atoms with Gasteiger partial charge in [0.25, 0.3) is 0 Å². The minimum atomic E-state index is 0.559. The third-order valence-electron chi connectivity index (χ3n) is 3.61. The van der Waals surface area contributed by atoms with Gasteiger partial charge in [-0.1, -0.05) is 56.3 Å². The van der Waals surface area contributed by atoms with Gasteiger partial charge in [-0.15, -0.1) is 0 Å². The molecule has 1 N–H and O–H groups in total. The summed E-state index contributed by atoms with van der Waals surface area (Å²) in [6, 6.07) is 20.0. The van der Waals surface area contributed by atoms with Crippen molar-refractivity contribution in [2.75, 3.05) is 18.5 Å². The molecular formula is C19H26N2. The molecular weight excluding hydrogens is 256 g/mol. The second kappa shape index (κ2) is 7.84. The Hall–Kier alpha value is -1.80. The van der Waals surface area contributed by atoms with Gasteiger partial charge in [-0.2, -0.15) is 0 Å². The van der Waals surface area contributed by atoms with Crippen LogP contribution < -0.4 is 10.2 Å². The second-order valence-corrected chi connectivity index (χ2v) is 5.87. The Kier molecular flexibility index (Phi) is 5.82. The van der Waals surface area contributed by atoms with Gasteiger partial charge in [-0.3, -0.25) is 0 Å². The molecule has 0 spiro atoms. The van der Waals surface area contributed by atoms with E-state index in [1.54, 1.807) is 0 Å². The zero-order valence-electron chi connectivity index (χ0n) is 13.3. The molecule has 0 aliphatic rings. The molecule has 2 aromatic rings. The molecule has 0 amide bonds. The van der Waals surface area contributed by atoms with Crippen molar-refractivity contribution in [1.29, 1.82) is 0 Å². The topological polar surface area (TPSA) is 15.3 Å². The number of nitrogens with one attached hydrogen (secondary N) is 1. The number of anilines is 1. The van der Waals surface area contributed by atoms with Crippen molar-refractivity contribution in [1.82, 2.24) is 5.32 Å². The molecule has 0 fully saturated rings. The Bertz CT molecular complexity index is 517. The van der Waals surface area contributed by atoms with Gasteiger partial charge in [0, 0.05) is 25.3 Å². The first-order chi connectivity index (χ1) is 10.1. The van der Waals surface area contributed by atoms with Crippen molar-refractivity contribution in [2.45, 2.75) is 32.9 Å². The molecule has 21 heavy (non-hydrogen) atoms. The van der Waals surface area contributed by atoms with Gasteiger partial charge in [-0.05, 0) is 36.2 Å². The second-order valence-electron chi connectivity index (χ2n) is 5.87. The van der Waals surface area contributed by atoms with Crippen molar-refractivity contribution < 1.29 is 0 Å². The summed E-state index contributed by atoms with van der Waals surface area (Å²) < 4.78 is 0. The number of rotatable bonds is 7. The van der Waals surface area contributed by atoms with Crippen LogP contribution in [0.5, 0.6) is 0 Å². The van der Waals surface area contributed by atoms with Gasteiger partial charge in [0.15, 0.2) is 0 Å². The highest BCUT2D eigenvalue weighted by atomic mass is 15.1. The first-order valence-corrected chi connectivity index (χ1v) is 7.72. The van der Waals surface area contributed by atoms with E-state index in [9.17, 15) is 0 Å². The van der Waals surface area contributed by atoms with Crippen molar-refractivity contribution in [3.05, 3.63) is 65.7 Å². The maximum Gasteiger partial charge on any atom is 0.0426 e. The Morgan fingerprint density at radius 3 is 2.14 bits per heavy atom. The lowest BCUT2D eigenvalue weighted by molar-refractivity contribution is 0.590. The quantitative estimate of drug-likeness (QED) is 0.829. The van der Waals surface area contributed by atoms with Gasteiger partial charge in [0.1, 0.15) is 0 Å². The van der Waals surface area contributed by atoms with Crippen molar-refractivity contribution in [3.8, 4) is 0 Å². The Labute approximate surface area is 128 Å². The average molecular weight is 282 g/mol. The van der Waals surface area contributed by atoms with E-state index in [0.717, 1.165) is 19.5 Å². The number of nitrogens with zero attached hydrogens (tertiary/aromatic N) is 1. The van der Waals surface area contributed by atoms with E-state index < -0.39 is 0 Å². The van der Waals surface area contributed by atoms with Gasteiger partial charge in [0.2, 0.25) is 0 Å². The van der Waals surface area contributed by atoms with Crippen LogP contribution in [0.1, 0.15) is 25.0 Å². The largest absolute Gasteiger partial charge is 0.370 e. The molecule has 0 heterocycles. The smallest absolute Gasteiger partial charge is 0.0426 e. The lowest BCUT2D eigenvalue weighted by Gasteiger charge is -2.19. The lowest BCUT2D eigenvalue weighted by atomic mass is 10.1. The van der Waals surface area contributed by atoms with E-state index in [4.69, 9.17) is 0 Å². The van der Waals surface area contributed by atoms with E-state index >= 15 is 0 Å². The Balaban J connectivity index is 1.87. The Morgan fingerprint density at radius 1 is 0.905 bits per heavy atom. The monoisotopic (exact) mass is 282 g/mol. The predicted octanol–water partition coefficient (Wildman–Crippen LogP) is 3.86. The highest BCUT2D eigenvalue weighted by Gasteiger charge is 2.02. The fourth-order valence-corrected chi connectivity index (χ4v) is 2.36. The van der Waals surface area contributed by atoms with E-state index in [0.29, 0.717) is 6.04 Å². The molecule has 0 bridgehead atoms. The minimum Gasteiger partial charge on any atom is -0.370 e. The lowest BCUT2D eigenvalue weighted by Crippen LogP contribution is -2.24. The summed E-state index contributed by atoms with van der Waals surface area (Å²) in [5.74, 6) is 0. The molecule has 2 nitrogen and oxygen atoms in total. The summed E-state index contributed by atoms with van der Waals surface area (Å²) in [5, 5.41) is 3.45. The van der Waals surface area contributed by atoms with Crippen molar-refractivity contribution in [3.63, 3.8) is 0 Å². The molecule has 0 radical (unpaired) electrons. The molecule has 0 aliphatic heterocycles. The summed E-state index contributed by atoms with van der Waals surface area (Å²) in [6.45, 7) is 6.35. The van der Waals surface area contributed by atoms with Crippen LogP contribution in [0.15, 0.2) is 54.6 Å². The highest BCUT2D eigenvalue weighted by molar-refractivity contribution is 5.45. The van der Waals surface area contributed by atoms with Gasteiger partial charge < -0.3 is 10.2 Å². The van der Waals surface area contributed by atoms with Gasteiger partial charge >= 0.3 is 0 Å². The fourth-order valence-electron chi connectivity index (χ4n) is 2.36. The van der Waals surface area contributed by atoms with E-state index in [-0.39, 0.29) is 0 Å². The van der Waals surface area contributed by atoms with Crippen LogP contribution in [0.3, 0.4) is 0 Å². The van der Waals surface area contributed by atoms with E-state index in [1.165, 1.54) is 16.8 Å². The maximum absolute atomic E-state index is 3.45. The summed E-state index contributed by atoms with van der Waals surface area (Å²) in [4.78, 5) is 2.27. The zero-order valence-corrected chi connectivity index (χ0v) is 13.3. The standard InChI is InChI=1S/C19H26N2/c1-16(2)20-14-13-17-9-11-18(12-10-17)15-21(3)19-7-5-4-6-8-19/h4-12,16,20H,13-15H2,1-3H3. The van der Waals surface area contributed by atoms with Crippen LogP contribution in [0.2, 0.25) is 0 Å². The van der Waals surface area contributed by atoms with Crippen LogP contribution in [0.4, 0.5) is 5.69 Å². The number of benzene rings is 2. The molecule has 0 aliphatic carbocycles. The predicted molar refractivity (Wildman–Crippen MR) is 91.8 cm³/mol. The van der Waals surface area contributed by atoms with Crippen LogP contribution in [-0.4, -0.2) is 19.6 Å². The maximum atomic E-state index is 3.45. The van der Waals surface area contributed by atoms with Gasteiger partial charge in [0.05, 0.1) is 0 Å². The molecule has 2 heteroatoms. The molecule has 112 valence electrons. The Morgan fingerprint density at radius 2 is 1.52 bits per heavy atom. The first-order valence-electron chi connectivity index (χ1n) is 7.72. The zero-order chi connectivity index (χ0) is 15.1. The molecule has 0 saturated heterocycles. The first kappa shape index (κ1) is 15.6. The molecule has 0 aromatic heterocycles. The van der Waals surface area contributed by atoms with Crippen LogP contribution in [0.25, 0.3) is 0 Å². The molecule has 2 aromatic carbocycles. The summed E-state index contributed by atoms with van der Waals surface area (Å²) >= 11 is 0.